The van der Waals surface area contributed by atoms with Crippen LogP contribution in [0.4, 0.5) is 0 Å². The maximum Gasteiger partial charge on any atom is 0.328 e. The van der Waals surface area contributed by atoms with Gasteiger partial charge in [0.15, 0.2) is 0 Å². The van der Waals surface area contributed by atoms with Crippen molar-refractivity contribution in [2.45, 2.75) is 19.9 Å². The minimum absolute atomic E-state index is 0.228. The van der Waals surface area contributed by atoms with E-state index in [1.54, 1.807) is 12.1 Å². The molecule has 0 fully saturated rings. The Kier molecular flexibility index (Phi) is 4.07. The molecule has 0 unspecified atom stereocenters. The van der Waals surface area contributed by atoms with E-state index in [-0.39, 0.29) is 22.4 Å². The van der Waals surface area contributed by atoms with Gasteiger partial charge in [-0.25, -0.2) is 9.78 Å². The zero-order valence-corrected chi connectivity index (χ0v) is 11.6. The maximum atomic E-state index is 11.7. The summed E-state index contributed by atoms with van der Waals surface area (Å²) in [5, 5.41) is 0.528. The summed E-state index contributed by atoms with van der Waals surface area (Å²) >= 11 is 11.7. The molecular weight excluding hydrogens is 289 g/mol. The third-order valence-corrected chi connectivity index (χ3v) is 3.24. The Morgan fingerprint density at radius 3 is 2.63 bits per heavy atom. The van der Waals surface area contributed by atoms with E-state index in [1.165, 1.54) is 10.8 Å². The number of halogens is 2. The molecule has 1 N–H and O–H groups in total. The third kappa shape index (κ3) is 3.05. The van der Waals surface area contributed by atoms with Gasteiger partial charge in [-0.15, -0.1) is 0 Å². The molecule has 0 atom stereocenters. The average Bonchev–Trinajstić information content (AvgIpc) is 2.35. The Balaban J connectivity index is 2.43. The summed E-state index contributed by atoms with van der Waals surface area (Å²) in [7, 11) is 0. The second-order valence-electron chi connectivity index (χ2n) is 3.98. The molecule has 19 heavy (non-hydrogen) atoms. The van der Waals surface area contributed by atoms with Crippen LogP contribution >= 0.6 is 23.2 Å². The van der Waals surface area contributed by atoms with Gasteiger partial charge in [-0.3, -0.25) is 14.3 Å². The van der Waals surface area contributed by atoms with Crippen LogP contribution in [0.2, 0.25) is 10.3 Å². The average molecular weight is 300 g/mol. The summed E-state index contributed by atoms with van der Waals surface area (Å²) in [6.45, 7) is 2.07. The second kappa shape index (κ2) is 5.59. The van der Waals surface area contributed by atoms with Crippen molar-refractivity contribution >= 4 is 23.2 Å². The minimum Gasteiger partial charge on any atom is -0.296 e. The van der Waals surface area contributed by atoms with Crippen LogP contribution < -0.4 is 11.2 Å². The van der Waals surface area contributed by atoms with E-state index in [1.807, 2.05) is 6.92 Å². The minimum atomic E-state index is -0.479. The van der Waals surface area contributed by atoms with Gasteiger partial charge in [0.05, 0.1) is 6.54 Å². The first-order chi connectivity index (χ1) is 9.01. The van der Waals surface area contributed by atoms with Crippen LogP contribution in [0.3, 0.4) is 0 Å². The molecule has 2 aromatic rings. The van der Waals surface area contributed by atoms with Crippen molar-refractivity contribution < 1.29 is 0 Å². The number of hydrogen-bond donors (Lipinski definition) is 1. The normalized spacial score (nSPS) is 10.7. The molecule has 0 aliphatic rings. The van der Waals surface area contributed by atoms with Crippen LogP contribution in [-0.2, 0) is 13.0 Å². The van der Waals surface area contributed by atoms with Crippen molar-refractivity contribution in [3.05, 3.63) is 60.6 Å². The number of pyridine rings is 1. The molecule has 0 spiro atoms. The van der Waals surface area contributed by atoms with E-state index < -0.39 is 5.69 Å². The first-order valence-corrected chi connectivity index (χ1v) is 6.40. The standard InChI is InChI=1S/C12H11Cl2N3O2/c1-2-7-5-17(12(19)16-11(7)18)6-8-3-4-9(13)15-10(8)14/h3-5H,2,6H2,1H3,(H,16,18,19). The van der Waals surface area contributed by atoms with E-state index in [0.717, 1.165) is 0 Å². The van der Waals surface area contributed by atoms with E-state index in [2.05, 4.69) is 9.97 Å². The van der Waals surface area contributed by atoms with Crippen LogP contribution in [0.5, 0.6) is 0 Å². The summed E-state index contributed by atoms with van der Waals surface area (Å²) in [5.41, 5.74) is 0.359. The lowest BCUT2D eigenvalue weighted by Gasteiger charge is -2.08. The Hall–Kier alpha value is -1.59. The van der Waals surface area contributed by atoms with Gasteiger partial charge in [-0.05, 0) is 12.5 Å². The van der Waals surface area contributed by atoms with Gasteiger partial charge in [-0.2, -0.15) is 0 Å². The highest BCUT2D eigenvalue weighted by Crippen LogP contribution is 2.17. The van der Waals surface area contributed by atoms with Crippen molar-refractivity contribution in [3.63, 3.8) is 0 Å². The van der Waals surface area contributed by atoms with E-state index in [9.17, 15) is 9.59 Å². The van der Waals surface area contributed by atoms with Gasteiger partial charge in [0.1, 0.15) is 10.3 Å². The van der Waals surface area contributed by atoms with Crippen LogP contribution in [0.1, 0.15) is 18.1 Å². The monoisotopic (exact) mass is 299 g/mol. The smallest absolute Gasteiger partial charge is 0.296 e. The van der Waals surface area contributed by atoms with Gasteiger partial charge in [0.25, 0.3) is 5.56 Å². The largest absolute Gasteiger partial charge is 0.328 e. The van der Waals surface area contributed by atoms with Crippen LogP contribution in [-0.4, -0.2) is 14.5 Å². The predicted molar refractivity (Wildman–Crippen MR) is 74.1 cm³/mol. The molecule has 2 heterocycles. The molecule has 0 aromatic carbocycles. The molecule has 0 aliphatic heterocycles. The van der Waals surface area contributed by atoms with Crippen LogP contribution in [0.25, 0.3) is 0 Å². The highest BCUT2D eigenvalue weighted by molar-refractivity contribution is 6.32. The molecule has 0 saturated heterocycles. The summed E-state index contributed by atoms with van der Waals surface area (Å²) in [6.07, 6.45) is 2.08. The van der Waals surface area contributed by atoms with Gasteiger partial charge in [-0.1, -0.05) is 36.2 Å². The van der Waals surface area contributed by atoms with Gasteiger partial charge in [0, 0.05) is 17.3 Å². The number of H-pyrrole nitrogens is 1. The summed E-state index contributed by atoms with van der Waals surface area (Å²) in [4.78, 5) is 29.3. The summed E-state index contributed by atoms with van der Waals surface area (Å²) in [5.74, 6) is 0. The number of aromatic nitrogens is 3. The van der Waals surface area contributed by atoms with Crippen LogP contribution in [0, 0.1) is 0 Å². The number of hydrogen-bond acceptors (Lipinski definition) is 3. The van der Waals surface area contributed by atoms with E-state index >= 15 is 0 Å². The molecule has 0 aliphatic carbocycles. The predicted octanol–water partition coefficient (Wildman–Crippen LogP) is 1.85. The molecule has 0 bridgehead atoms. The van der Waals surface area contributed by atoms with Gasteiger partial charge >= 0.3 is 5.69 Å². The van der Waals surface area contributed by atoms with E-state index in [0.29, 0.717) is 17.5 Å². The fraction of sp³-hybridized carbons (Fsp3) is 0.250. The fourth-order valence-electron chi connectivity index (χ4n) is 1.67. The zero-order chi connectivity index (χ0) is 14.0. The van der Waals surface area contributed by atoms with Crippen LogP contribution in [0.15, 0.2) is 27.9 Å². The molecule has 7 heteroatoms. The lowest BCUT2D eigenvalue weighted by molar-refractivity contribution is 0.706. The van der Waals surface area contributed by atoms with Crippen molar-refractivity contribution in [2.24, 2.45) is 0 Å². The fourth-order valence-corrected chi connectivity index (χ4v) is 2.07. The Bertz CT molecular complexity index is 722. The molecular formula is C12H11Cl2N3O2. The first-order valence-electron chi connectivity index (χ1n) is 5.65. The zero-order valence-electron chi connectivity index (χ0n) is 10.1. The van der Waals surface area contributed by atoms with Gasteiger partial charge < -0.3 is 0 Å². The molecule has 2 rings (SSSR count). The molecule has 0 saturated carbocycles. The highest BCUT2D eigenvalue weighted by Gasteiger charge is 2.07. The topological polar surface area (TPSA) is 67.8 Å². The third-order valence-electron chi connectivity index (χ3n) is 2.70. The molecule has 100 valence electrons. The van der Waals surface area contributed by atoms with Crippen molar-refractivity contribution in [1.82, 2.24) is 14.5 Å². The number of aryl methyl sites for hydroxylation is 1. The lowest BCUT2D eigenvalue weighted by Crippen LogP contribution is -2.31. The van der Waals surface area contributed by atoms with Crippen molar-refractivity contribution in [3.8, 4) is 0 Å². The quantitative estimate of drug-likeness (QED) is 0.880. The number of rotatable bonds is 3. The SMILES string of the molecule is CCc1cn(Cc2ccc(Cl)nc2Cl)c(=O)[nH]c1=O. The van der Waals surface area contributed by atoms with Gasteiger partial charge in [0.2, 0.25) is 0 Å². The number of aromatic amines is 1. The highest BCUT2D eigenvalue weighted by atomic mass is 35.5. The molecule has 2 aromatic heterocycles. The summed E-state index contributed by atoms with van der Waals surface area (Å²) < 4.78 is 1.39. The second-order valence-corrected chi connectivity index (χ2v) is 4.72. The Morgan fingerprint density at radius 1 is 1.26 bits per heavy atom. The maximum absolute atomic E-state index is 11.7. The molecule has 5 nitrogen and oxygen atoms in total. The first kappa shape index (κ1) is 13.8. The molecule has 0 radical (unpaired) electrons. The summed E-state index contributed by atoms with van der Waals surface area (Å²) in [6, 6.07) is 3.29. The van der Waals surface area contributed by atoms with Crippen molar-refractivity contribution in [2.75, 3.05) is 0 Å². The van der Waals surface area contributed by atoms with E-state index in [4.69, 9.17) is 23.2 Å². The Labute approximate surface area is 118 Å². The van der Waals surface area contributed by atoms with Crippen molar-refractivity contribution in [1.29, 1.82) is 0 Å². The molecule has 0 amide bonds. The Morgan fingerprint density at radius 2 is 2.00 bits per heavy atom. The lowest BCUT2D eigenvalue weighted by atomic mass is 10.2. The number of nitrogens with one attached hydrogen (secondary N) is 1. The number of nitrogens with zero attached hydrogens (tertiary/aromatic N) is 2.